The number of nitrogens with zero attached hydrogens (tertiary/aromatic N) is 2. The van der Waals surface area contributed by atoms with Crippen LogP contribution in [-0.2, 0) is 4.79 Å². The minimum Gasteiger partial charge on any atom is -0.349 e. The molecule has 5 nitrogen and oxygen atoms in total. The van der Waals surface area contributed by atoms with Gasteiger partial charge in [-0.2, -0.15) is 10.4 Å². The fraction of sp³-hybridized carbons (Fsp3) is 0.350. The molecule has 1 heterocycles. The Morgan fingerprint density at radius 1 is 1.23 bits per heavy atom. The number of nitrogens with one attached hydrogen (secondary N) is 2. The molecule has 1 aliphatic rings. The molecular formula is C20H21FN4O. The highest BCUT2D eigenvalue weighted by molar-refractivity contribution is 6.02. The van der Waals surface area contributed by atoms with E-state index in [4.69, 9.17) is 0 Å². The van der Waals surface area contributed by atoms with E-state index < -0.39 is 0 Å². The zero-order valence-electron chi connectivity index (χ0n) is 14.5. The van der Waals surface area contributed by atoms with Gasteiger partial charge in [0.25, 0.3) is 5.91 Å². The number of hydrogen-bond donors (Lipinski definition) is 2. The highest BCUT2D eigenvalue weighted by Crippen LogP contribution is 2.24. The molecule has 1 aliphatic carbocycles. The van der Waals surface area contributed by atoms with Crippen LogP contribution in [0, 0.1) is 17.1 Å². The molecule has 1 saturated carbocycles. The number of nitriles is 1. The summed E-state index contributed by atoms with van der Waals surface area (Å²) in [6, 6.07) is 8.06. The number of halogens is 1. The van der Waals surface area contributed by atoms with Gasteiger partial charge in [0.2, 0.25) is 0 Å². The van der Waals surface area contributed by atoms with Crippen molar-refractivity contribution in [3.63, 3.8) is 0 Å². The third-order valence-corrected chi connectivity index (χ3v) is 4.66. The van der Waals surface area contributed by atoms with Crippen molar-refractivity contribution in [2.75, 3.05) is 0 Å². The fourth-order valence-corrected chi connectivity index (χ4v) is 3.24. The molecule has 1 amide bonds. The molecule has 134 valence electrons. The van der Waals surface area contributed by atoms with Gasteiger partial charge in [-0.05, 0) is 43.2 Å². The van der Waals surface area contributed by atoms with Crippen molar-refractivity contribution in [1.29, 1.82) is 5.26 Å². The number of aromatic amines is 1. The quantitative estimate of drug-likeness (QED) is 0.496. The molecule has 0 saturated heterocycles. The third kappa shape index (κ3) is 4.37. The normalized spacial score (nSPS) is 15.9. The van der Waals surface area contributed by atoms with E-state index in [1.165, 1.54) is 31.1 Å². The number of rotatable bonds is 4. The number of H-pyrrole nitrogens is 1. The van der Waals surface area contributed by atoms with E-state index in [9.17, 15) is 14.4 Å². The molecule has 0 aliphatic heterocycles. The van der Waals surface area contributed by atoms with E-state index >= 15 is 0 Å². The predicted molar refractivity (Wildman–Crippen MR) is 97.2 cm³/mol. The molecule has 0 atom stereocenters. The van der Waals surface area contributed by atoms with Crippen LogP contribution in [0.15, 0.2) is 36.0 Å². The Bertz CT molecular complexity index is 824. The Hall–Kier alpha value is -2.94. The lowest BCUT2D eigenvalue weighted by Gasteiger charge is -2.15. The Kier molecular flexibility index (Phi) is 5.80. The number of carbonyl (C=O) groups is 1. The van der Waals surface area contributed by atoms with Gasteiger partial charge in [0.05, 0.1) is 11.9 Å². The lowest BCUT2D eigenvalue weighted by Crippen LogP contribution is -2.35. The van der Waals surface area contributed by atoms with Crippen LogP contribution in [0.1, 0.15) is 44.1 Å². The van der Waals surface area contributed by atoms with Crippen molar-refractivity contribution in [1.82, 2.24) is 15.5 Å². The number of hydrogen-bond acceptors (Lipinski definition) is 3. The van der Waals surface area contributed by atoms with Crippen molar-refractivity contribution in [2.45, 2.75) is 44.6 Å². The van der Waals surface area contributed by atoms with Gasteiger partial charge >= 0.3 is 0 Å². The van der Waals surface area contributed by atoms with Gasteiger partial charge < -0.3 is 5.32 Å². The van der Waals surface area contributed by atoms with E-state index in [1.807, 2.05) is 6.07 Å². The summed E-state index contributed by atoms with van der Waals surface area (Å²) in [5.41, 5.74) is 2.03. The van der Waals surface area contributed by atoms with Crippen molar-refractivity contribution in [3.8, 4) is 17.3 Å². The first kappa shape index (κ1) is 17.9. The summed E-state index contributed by atoms with van der Waals surface area (Å²) >= 11 is 0. The first-order valence-corrected chi connectivity index (χ1v) is 8.89. The molecule has 1 fully saturated rings. The van der Waals surface area contributed by atoms with Crippen LogP contribution in [0.2, 0.25) is 0 Å². The minimum atomic E-state index is -0.356. The maximum atomic E-state index is 13.1. The molecule has 2 N–H and O–H groups in total. The van der Waals surface area contributed by atoms with Crippen molar-refractivity contribution in [3.05, 3.63) is 47.4 Å². The van der Waals surface area contributed by atoms with Gasteiger partial charge in [-0.25, -0.2) is 4.39 Å². The van der Waals surface area contributed by atoms with Crippen LogP contribution in [-0.4, -0.2) is 22.1 Å². The molecule has 26 heavy (non-hydrogen) atoms. The number of amides is 1. The van der Waals surface area contributed by atoms with Gasteiger partial charge in [-0.3, -0.25) is 9.89 Å². The summed E-state index contributed by atoms with van der Waals surface area (Å²) in [4.78, 5) is 12.5. The second-order valence-corrected chi connectivity index (χ2v) is 6.54. The third-order valence-electron chi connectivity index (χ3n) is 4.66. The Balaban J connectivity index is 1.79. The van der Waals surface area contributed by atoms with E-state index in [0.717, 1.165) is 31.2 Å². The maximum Gasteiger partial charge on any atom is 0.262 e. The van der Waals surface area contributed by atoms with Crippen LogP contribution in [0.3, 0.4) is 0 Å². The van der Waals surface area contributed by atoms with E-state index in [2.05, 4.69) is 15.5 Å². The molecule has 0 radical (unpaired) electrons. The van der Waals surface area contributed by atoms with Crippen LogP contribution < -0.4 is 5.32 Å². The second-order valence-electron chi connectivity index (χ2n) is 6.54. The second kappa shape index (κ2) is 8.43. The molecular weight excluding hydrogens is 331 g/mol. The van der Waals surface area contributed by atoms with Gasteiger partial charge in [0.1, 0.15) is 17.5 Å². The Morgan fingerprint density at radius 3 is 2.58 bits per heavy atom. The standard InChI is InChI=1S/C20H21FN4O/c21-17-9-7-14(8-10-17)19-16(13-23-25-19)11-15(12-22)20(26)24-18-5-3-1-2-4-6-18/h7-11,13,18H,1-6H2,(H,23,25)(H,24,26)/b15-11+. The Labute approximate surface area is 151 Å². The average molecular weight is 352 g/mol. The van der Waals surface area contributed by atoms with Gasteiger partial charge in [0, 0.05) is 17.2 Å². The summed E-state index contributed by atoms with van der Waals surface area (Å²) in [5.74, 6) is -0.684. The van der Waals surface area contributed by atoms with Crippen molar-refractivity contribution < 1.29 is 9.18 Å². The molecule has 0 unspecified atom stereocenters. The smallest absolute Gasteiger partial charge is 0.262 e. The predicted octanol–water partition coefficient (Wildman–Crippen LogP) is 3.96. The summed E-state index contributed by atoms with van der Waals surface area (Å²) in [7, 11) is 0. The molecule has 0 bridgehead atoms. The first-order valence-electron chi connectivity index (χ1n) is 8.89. The summed E-state index contributed by atoms with van der Waals surface area (Å²) in [6.07, 6.45) is 9.59. The molecule has 1 aromatic heterocycles. The zero-order valence-corrected chi connectivity index (χ0v) is 14.5. The number of aromatic nitrogens is 2. The highest BCUT2D eigenvalue weighted by atomic mass is 19.1. The molecule has 0 spiro atoms. The lowest BCUT2D eigenvalue weighted by molar-refractivity contribution is -0.117. The van der Waals surface area contributed by atoms with E-state index in [1.54, 1.807) is 18.3 Å². The van der Waals surface area contributed by atoms with Crippen LogP contribution in [0.5, 0.6) is 0 Å². The van der Waals surface area contributed by atoms with Gasteiger partial charge in [0.15, 0.2) is 0 Å². The number of benzene rings is 1. The monoisotopic (exact) mass is 352 g/mol. The van der Waals surface area contributed by atoms with Crippen LogP contribution in [0.25, 0.3) is 17.3 Å². The van der Waals surface area contributed by atoms with Crippen LogP contribution >= 0.6 is 0 Å². The Morgan fingerprint density at radius 2 is 1.92 bits per heavy atom. The topological polar surface area (TPSA) is 81.6 Å². The van der Waals surface area contributed by atoms with Crippen LogP contribution in [0.4, 0.5) is 4.39 Å². The number of carbonyl (C=O) groups excluding carboxylic acids is 1. The molecule has 1 aromatic carbocycles. The largest absolute Gasteiger partial charge is 0.349 e. The highest BCUT2D eigenvalue weighted by Gasteiger charge is 2.18. The lowest BCUT2D eigenvalue weighted by atomic mass is 10.0. The van der Waals surface area contributed by atoms with Crippen molar-refractivity contribution in [2.24, 2.45) is 0 Å². The summed E-state index contributed by atoms with van der Waals surface area (Å²) in [5, 5.41) is 19.2. The fourth-order valence-electron chi connectivity index (χ4n) is 3.24. The average Bonchev–Trinajstić information content (AvgIpc) is 2.95. The summed E-state index contributed by atoms with van der Waals surface area (Å²) < 4.78 is 13.1. The molecule has 3 rings (SSSR count). The van der Waals surface area contributed by atoms with Crippen molar-refractivity contribution >= 4 is 12.0 Å². The maximum absolute atomic E-state index is 13.1. The molecule has 6 heteroatoms. The SMILES string of the molecule is N#C/C(=C\c1cn[nH]c1-c1ccc(F)cc1)C(=O)NC1CCCCCC1. The summed E-state index contributed by atoms with van der Waals surface area (Å²) in [6.45, 7) is 0. The first-order chi connectivity index (χ1) is 12.7. The molecule has 2 aromatic rings. The zero-order chi connectivity index (χ0) is 18.4. The van der Waals surface area contributed by atoms with E-state index in [-0.39, 0.29) is 23.3 Å². The van der Waals surface area contributed by atoms with Gasteiger partial charge in [-0.15, -0.1) is 0 Å². The minimum absolute atomic E-state index is 0.0407. The van der Waals surface area contributed by atoms with E-state index in [0.29, 0.717) is 11.3 Å². The van der Waals surface area contributed by atoms with Gasteiger partial charge in [-0.1, -0.05) is 25.7 Å².